The van der Waals surface area contributed by atoms with Crippen LogP contribution in [0.2, 0.25) is 0 Å². The number of phenols is 1. The van der Waals surface area contributed by atoms with E-state index in [9.17, 15) is 34.2 Å². The second-order valence-corrected chi connectivity index (χ2v) is 11.2. The Morgan fingerprint density at radius 3 is 2.05 bits per heavy atom. The fourth-order valence-electron chi connectivity index (χ4n) is 4.75. The molecule has 0 radical (unpaired) electrons. The molecule has 3 aromatic rings. The molecule has 2 aromatic carbocycles. The first kappa shape index (κ1) is 33.6. The maximum atomic E-state index is 13.8. The molecule has 1 heterocycles. The topological polar surface area (TPSA) is 230 Å². The second kappa shape index (κ2) is 15.5. The van der Waals surface area contributed by atoms with Gasteiger partial charge in [-0.3, -0.25) is 19.2 Å². The molecule has 0 aliphatic heterocycles. The number of rotatable bonds is 16. The van der Waals surface area contributed by atoms with Gasteiger partial charge in [0.25, 0.3) is 0 Å². The smallest absolute Gasteiger partial charge is 0.326 e. The molecule has 4 unspecified atom stereocenters. The van der Waals surface area contributed by atoms with E-state index in [0.29, 0.717) is 11.1 Å². The Kier molecular flexibility index (Phi) is 11.9. The van der Waals surface area contributed by atoms with Crippen LogP contribution in [-0.4, -0.2) is 69.0 Å². The summed E-state index contributed by atoms with van der Waals surface area (Å²) in [5.74, 6) is -3.98. The number of aromatic hydroxyl groups is 1. The van der Waals surface area contributed by atoms with Crippen LogP contribution in [0.4, 0.5) is 0 Å². The van der Waals surface area contributed by atoms with Crippen LogP contribution in [0.3, 0.4) is 0 Å². The predicted octanol–water partition coefficient (Wildman–Crippen LogP) is 0.837. The summed E-state index contributed by atoms with van der Waals surface area (Å²) in [5.41, 5.74) is 13.3. The number of aromatic amines is 1. The molecule has 1 aromatic heterocycles. The lowest BCUT2D eigenvalue weighted by atomic mass is 10.00. The molecule has 0 aliphatic rings. The third-order valence-corrected chi connectivity index (χ3v) is 7.10. The number of benzene rings is 2. The maximum Gasteiger partial charge on any atom is 0.326 e. The van der Waals surface area contributed by atoms with Crippen molar-refractivity contribution in [2.75, 3.05) is 0 Å². The van der Waals surface area contributed by atoms with Gasteiger partial charge < -0.3 is 42.6 Å². The standard InChI is InChI=1S/C31H40N6O7/c1-17(2)13-26(31(43)44)37-29(41)24(14-18-7-9-20(38)10-8-18)36-30(42)25(35-28(40)22(32)11-12-27(33)39)15-19-16-34-23-6-4-3-5-21(19)23/h3-10,16-17,22,24-26,34,38H,11-15,32H2,1-2H3,(H2,33,39)(H,35,40)(H,36,42)(H,37,41)(H,43,44). The van der Waals surface area contributed by atoms with Crippen molar-refractivity contribution in [3.63, 3.8) is 0 Å². The monoisotopic (exact) mass is 608 g/mol. The van der Waals surface area contributed by atoms with Gasteiger partial charge in [-0.15, -0.1) is 0 Å². The maximum absolute atomic E-state index is 13.8. The summed E-state index contributed by atoms with van der Waals surface area (Å²) in [5, 5.41) is 28.0. The summed E-state index contributed by atoms with van der Waals surface area (Å²) in [6.45, 7) is 3.65. The largest absolute Gasteiger partial charge is 0.508 e. The Hall–Kier alpha value is -4.91. The third-order valence-electron chi connectivity index (χ3n) is 7.10. The summed E-state index contributed by atoms with van der Waals surface area (Å²) >= 11 is 0. The van der Waals surface area contributed by atoms with E-state index in [1.54, 1.807) is 18.3 Å². The minimum absolute atomic E-state index is 0.0100. The van der Waals surface area contributed by atoms with Crippen molar-refractivity contribution in [2.45, 2.75) is 70.1 Å². The van der Waals surface area contributed by atoms with E-state index in [4.69, 9.17) is 11.5 Å². The highest BCUT2D eigenvalue weighted by atomic mass is 16.4. The number of nitrogens with one attached hydrogen (secondary N) is 4. The molecule has 0 spiro atoms. The number of phenolic OH excluding ortho intramolecular Hbond substituents is 1. The lowest BCUT2D eigenvalue weighted by Crippen LogP contribution is -2.58. The molecule has 4 amide bonds. The van der Waals surface area contributed by atoms with Crippen molar-refractivity contribution in [2.24, 2.45) is 17.4 Å². The van der Waals surface area contributed by atoms with Crippen LogP contribution >= 0.6 is 0 Å². The predicted molar refractivity (Wildman–Crippen MR) is 163 cm³/mol. The lowest BCUT2D eigenvalue weighted by Gasteiger charge is -2.26. The van der Waals surface area contributed by atoms with E-state index in [2.05, 4.69) is 20.9 Å². The zero-order valence-corrected chi connectivity index (χ0v) is 24.7. The molecular weight excluding hydrogens is 568 g/mol. The van der Waals surface area contributed by atoms with Crippen molar-refractivity contribution in [1.82, 2.24) is 20.9 Å². The molecule has 13 nitrogen and oxygen atoms in total. The van der Waals surface area contributed by atoms with Crippen LogP contribution in [0, 0.1) is 5.92 Å². The highest BCUT2D eigenvalue weighted by Gasteiger charge is 2.31. The van der Waals surface area contributed by atoms with E-state index >= 15 is 0 Å². The molecule has 44 heavy (non-hydrogen) atoms. The average Bonchev–Trinajstić information content (AvgIpc) is 3.38. The molecule has 0 bridgehead atoms. The Morgan fingerprint density at radius 1 is 0.841 bits per heavy atom. The van der Waals surface area contributed by atoms with Gasteiger partial charge in [0.2, 0.25) is 23.6 Å². The number of aliphatic carboxylic acids is 1. The zero-order chi connectivity index (χ0) is 32.4. The number of hydrogen-bond acceptors (Lipinski definition) is 7. The van der Waals surface area contributed by atoms with Crippen LogP contribution in [0.15, 0.2) is 54.7 Å². The van der Waals surface area contributed by atoms with E-state index in [-0.39, 0.29) is 43.8 Å². The minimum atomic E-state index is -1.23. The third kappa shape index (κ3) is 9.83. The highest BCUT2D eigenvalue weighted by Crippen LogP contribution is 2.20. The SMILES string of the molecule is CC(C)CC(NC(=O)C(Cc1ccc(O)cc1)NC(=O)C(Cc1c[nH]c2ccccc12)NC(=O)C(N)CCC(N)=O)C(=O)O. The molecular formula is C31H40N6O7. The fraction of sp³-hybridized carbons (Fsp3) is 0.387. The number of H-pyrrole nitrogens is 1. The van der Waals surface area contributed by atoms with Crippen molar-refractivity contribution >= 4 is 40.5 Å². The van der Waals surface area contributed by atoms with Gasteiger partial charge in [-0.1, -0.05) is 44.2 Å². The van der Waals surface area contributed by atoms with Gasteiger partial charge >= 0.3 is 5.97 Å². The Morgan fingerprint density at radius 2 is 1.43 bits per heavy atom. The number of amides is 4. The Balaban J connectivity index is 1.90. The average molecular weight is 609 g/mol. The van der Waals surface area contributed by atoms with Crippen LogP contribution in [0.25, 0.3) is 10.9 Å². The lowest BCUT2D eigenvalue weighted by molar-refractivity contribution is -0.142. The number of hydrogen-bond donors (Lipinski definition) is 8. The van der Waals surface area contributed by atoms with Gasteiger partial charge in [0.05, 0.1) is 6.04 Å². The highest BCUT2D eigenvalue weighted by molar-refractivity contribution is 5.95. The quantitative estimate of drug-likeness (QED) is 0.116. The number of nitrogens with two attached hydrogens (primary N) is 2. The second-order valence-electron chi connectivity index (χ2n) is 11.2. The number of aromatic nitrogens is 1. The van der Waals surface area contributed by atoms with Gasteiger partial charge in [-0.05, 0) is 48.1 Å². The van der Waals surface area contributed by atoms with Gasteiger partial charge in [0.1, 0.15) is 23.9 Å². The van der Waals surface area contributed by atoms with Crippen LogP contribution in [0.5, 0.6) is 5.75 Å². The number of carbonyl (C=O) groups excluding carboxylic acids is 4. The summed E-state index contributed by atoms with van der Waals surface area (Å²) in [4.78, 5) is 66.4. The van der Waals surface area contributed by atoms with Crippen molar-refractivity contribution in [3.8, 4) is 5.75 Å². The zero-order valence-electron chi connectivity index (χ0n) is 24.7. The normalized spacial score (nSPS) is 13.9. The number of carbonyl (C=O) groups is 5. The molecule has 0 saturated heterocycles. The Labute approximate surface area is 254 Å². The molecule has 0 fully saturated rings. The first-order valence-electron chi connectivity index (χ1n) is 14.3. The molecule has 3 rings (SSSR count). The van der Waals surface area contributed by atoms with Gasteiger partial charge in [-0.25, -0.2) is 4.79 Å². The van der Waals surface area contributed by atoms with E-state index in [1.165, 1.54) is 12.1 Å². The van der Waals surface area contributed by atoms with E-state index in [1.807, 2.05) is 38.1 Å². The van der Waals surface area contributed by atoms with Gasteiger partial charge in [-0.2, -0.15) is 0 Å². The molecule has 10 N–H and O–H groups in total. The van der Waals surface area contributed by atoms with Gasteiger partial charge in [0, 0.05) is 36.4 Å². The van der Waals surface area contributed by atoms with Crippen molar-refractivity contribution in [3.05, 3.63) is 65.9 Å². The summed E-state index contributed by atoms with van der Waals surface area (Å²) in [6, 6.07) is 8.69. The number of carboxylic acid groups (broad SMARTS) is 1. The number of primary amides is 1. The summed E-state index contributed by atoms with van der Waals surface area (Å²) in [7, 11) is 0. The fourth-order valence-corrected chi connectivity index (χ4v) is 4.75. The molecule has 236 valence electrons. The first-order chi connectivity index (χ1) is 20.8. The molecule has 0 aliphatic carbocycles. The molecule has 13 heteroatoms. The summed E-state index contributed by atoms with van der Waals surface area (Å²) in [6.07, 6.45) is 1.74. The Bertz CT molecular complexity index is 1470. The number of para-hydroxylation sites is 1. The molecule has 0 saturated carbocycles. The van der Waals surface area contributed by atoms with Crippen molar-refractivity contribution < 1.29 is 34.2 Å². The summed E-state index contributed by atoms with van der Waals surface area (Å²) < 4.78 is 0. The van der Waals surface area contributed by atoms with Crippen LogP contribution < -0.4 is 27.4 Å². The van der Waals surface area contributed by atoms with Crippen LogP contribution in [0.1, 0.15) is 44.2 Å². The minimum Gasteiger partial charge on any atom is -0.508 e. The van der Waals surface area contributed by atoms with E-state index < -0.39 is 53.8 Å². The number of carboxylic acids is 1. The van der Waals surface area contributed by atoms with E-state index in [0.717, 1.165) is 10.9 Å². The van der Waals surface area contributed by atoms with Crippen molar-refractivity contribution in [1.29, 1.82) is 0 Å². The molecule has 4 atom stereocenters. The first-order valence-corrected chi connectivity index (χ1v) is 14.3. The number of fused-ring (bicyclic) bond motifs is 1. The van der Waals surface area contributed by atoms with Crippen LogP contribution in [-0.2, 0) is 36.8 Å². The van der Waals surface area contributed by atoms with Gasteiger partial charge in [0.15, 0.2) is 0 Å².